The molecule has 7 heteroatoms. The minimum Gasteiger partial charge on any atom is -0.497 e. The van der Waals surface area contributed by atoms with E-state index in [2.05, 4.69) is 21.0 Å². The van der Waals surface area contributed by atoms with Gasteiger partial charge in [-0.25, -0.2) is 0 Å². The molecule has 2 aromatic heterocycles. The Labute approximate surface area is 184 Å². The fourth-order valence-corrected chi connectivity index (χ4v) is 3.54. The number of H-pyrrole nitrogens is 1. The zero-order chi connectivity index (χ0) is 21.8. The van der Waals surface area contributed by atoms with E-state index in [-0.39, 0.29) is 6.01 Å². The van der Waals surface area contributed by atoms with Crippen molar-refractivity contribution in [2.45, 2.75) is 13.3 Å². The van der Waals surface area contributed by atoms with Gasteiger partial charge < -0.3 is 14.5 Å². The lowest BCUT2D eigenvalue weighted by Crippen LogP contribution is -1.95. The number of fused-ring (bicyclic) bond motifs is 1. The molecule has 0 aliphatic rings. The second kappa shape index (κ2) is 8.90. The van der Waals surface area contributed by atoms with E-state index in [1.54, 1.807) is 31.4 Å². The fourth-order valence-electron chi connectivity index (χ4n) is 3.18. The van der Waals surface area contributed by atoms with E-state index in [0.29, 0.717) is 27.7 Å². The SMILES string of the molecule is CCc1[nH]c2nc(Oc3cccc(C#N)c3)nc(C=Cc3cccc(OC)c3)c2c1Cl. The standard InChI is InChI=1S/C24H19ClN4O2/c1-3-19-22(25)21-20(11-10-15-6-4-8-17(12-15)30-2)28-24(29-23(21)27-19)31-18-9-5-7-16(13-18)14-26/h4-13H,3H2,1-2H3,(H,27,28,29). The number of nitrogens with zero attached hydrogens (tertiary/aromatic N) is 3. The Bertz CT molecular complexity index is 1320. The molecule has 0 aliphatic heterocycles. The van der Waals surface area contributed by atoms with Crippen LogP contribution in [0.1, 0.15) is 29.4 Å². The maximum Gasteiger partial charge on any atom is 0.324 e. The molecule has 0 bridgehead atoms. The Hall–Kier alpha value is -3.82. The number of aromatic nitrogens is 3. The van der Waals surface area contributed by atoms with E-state index in [0.717, 1.165) is 28.8 Å². The summed E-state index contributed by atoms with van der Waals surface area (Å²) < 4.78 is 11.1. The van der Waals surface area contributed by atoms with Gasteiger partial charge in [0.25, 0.3) is 0 Å². The number of benzene rings is 2. The van der Waals surface area contributed by atoms with E-state index in [4.69, 9.17) is 26.3 Å². The molecule has 4 rings (SSSR count). The highest BCUT2D eigenvalue weighted by atomic mass is 35.5. The van der Waals surface area contributed by atoms with Crippen LogP contribution in [-0.2, 0) is 6.42 Å². The lowest BCUT2D eigenvalue weighted by atomic mass is 10.1. The average Bonchev–Trinajstić information content (AvgIpc) is 3.13. The number of nitriles is 1. The van der Waals surface area contributed by atoms with Crippen molar-refractivity contribution in [3.05, 3.63) is 76.1 Å². The number of aromatic amines is 1. The number of hydrogen-bond donors (Lipinski definition) is 1. The Morgan fingerprint density at radius 3 is 2.68 bits per heavy atom. The largest absolute Gasteiger partial charge is 0.497 e. The van der Waals surface area contributed by atoms with Crippen LogP contribution in [0.2, 0.25) is 5.02 Å². The summed E-state index contributed by atoms with van der Waals surface area (Å²) in [6.07, 6.45) is 4.53. The normalized spacial score (nSPS) is 11.0. The predicted octanol–water partition coefficient (Wildman–Crippen LogP) is 6.02. The van der Waals surface area contributed by atoms with E-state index in [1.165, 1.54) is 0 Å². The van der Waals surface area contributed by atoms with Gasteiger partial charge in [0.1, 0.15) is 17.1 Å². The molecular weight excluding hydrogens is 412 g/mol. The first-order valence-corrected chi connectivity index (χ1v) is 10.1. The van der Waals surface area contributed by atoms with Crippen LogP contribution in [0.25, 0.3) is 23.2 Å². The Morgan fingerprint density at radius 2 is 1.90 bits per heavy atom. The van der Waals surface area contributed by atoms with Crippen molar-refractivity contribution in [1.29, 1.82) is 5.26 Å². The van der Waals surface area contributed by atoms with Gasteiger partial charge in [0.2, 0.25) is 0 Å². The lowest BCUT2D eigenvalue weighted by Gasteiger charge is -2.06. The molecule has 154 valence electrons. The lowest BCUT2D eigenvalue weighted by molar-refractivity contribution is 0.414. The third-order valence-electron chi connectivity index (χ3n) is 4.72. The number of aryl methyl sites for hydroxylation is 1. The first-order valence-electron chi connectivity index (χ1n) is 9.69. The average molecular weight is 431 g/mol. The summed E-state index contributed by atoms with van der Waals surface area (Å²) in [4.78, 5) is 12.3. The van der Waals surface area contributed by atoms with E-state index in [9.17, 15) is 0 Å². The minimum atomic E-state index is 0.161. The summed E-state index contributed by atoms with van der Waals surface area (Å²) in [5.74, 6) is 1.25. The van der Waals surface area contributed by atoms with Crippen LogP contribution >= 0.6 is 11.6 Å². The van der Waals surface area contributed by atoms with Gasteiger partial charge in [-0.2, -0.15) is 15.2 Å². The van der Waals surface area contributed by atoms with Crippen LogP contribution in [0, 0.1) is 11.3 Å². The van der Waals surface area contributed by atoms with Crippen molar-refractivity contribution in [3.63, 3.8) is 0 Å². The van der Waals surface area contributed by atoms with Gasteiger partial charge in [0.15, 0.2) is 0 Å². The van der Waals surface area contributed by atoms with E-state index in [1.807, 2.05) is 43.3 Å². The molecule has 6 nitrogen and oxygen atoms in total. The van der Waals surface area contributed by atoms with Crippen LogP contribution in [0.5, 0.6) is 17.5 Å². The smallest absolute Gasteiger partial charge is 0.324 e. The second-order valence-corrected chi connectivity index (χ2v) is 7.12. The summed E-state index contributed by atoms with van der Waals surface area (Å²) >= 11 is 6.60. The van der Waals surface area contributed by atoms with Gasteiger partial charge in [-0.1, -0.05) is 42.8 Å². The van der Waals surface area contributed by atoms with Gasteiger partial charge in [0.05, 0.1) is 34.8 Å². The van der Waals surface area contributed by atoms with Crippen molar-refractivity contribution in [2.75, 3.05) is 7.11 Å². The molecule has 0 saturated carbocycles. The van der Waals surface area contributed by atoms with Crippen molar-refractivity contribution in [2.24, 2.45) is 0 Å². The van der Waals surface area contributed by atoms with Crippen molar-refractivity contribution in [1.82, 2.24) is 15.0 Å². The van der Waals surface area contributed by atoms with Gasteiger partial charge in [-0.15, -0.1) is 0 Å². The maximum atomic E-state index is 9.12. The summed E-state index contributed by atoms with van der Waals surface area (Å²) in [5.41, 5.74) is 3.55. The molecule has 2 aromatic carbocycles. The number of ether oxygens (including phenoxy) is 2. The van der Waals surface area contributed by atoms with Crippen LogP contribution in [0.4, 0.5) is 0 Å². The summed E-state index contributed by atoms with van der Waals surface area (Å²) in [6, 6.07) is 16.8. The summed E-state index contributed by atoms with van der Waals surface area (Å²) in [6.45, 7) is 2.01. The van der Waals surface area contributed by atoms with Crippen LogP contribution < -0.4 is 9.47 Å². The van der Waals surface area contributed by atoms with E-state index >= 15 is 0 Å². The molecule has 0 spiro atoms. The van der Waals surface area contributed by atoms with E-state index < -0.39 is 0 Å². The molecule has 0 aliphatic carbocycles. The predicted molar refractivity (Wildman–Crippen MR) is 121 cm³/mol. The molecule has 1 N–H and O–H groups in total. The van der Waals surface area contributed by atoms with Gasteiger partial charge >= 0.3 is 6.01 Å². The highest BCUT2D eigenvalue weighted by molar-refractivity contribution is 6.36. The summed E-state index contributed by atoms with van der Waals surface area (Å²) in [5, 5.41) is 10.4. The molecule has 0 saturated heterocycles. The van der Waals surface area contributed by atoms with Crippen molar-refractivity contribution >= 4 is 34.8 Å². The molecule has 2 heterocycles. The second-order valence-electron chi connectivity index (χ2n) is 6.74. The number of rotatable bonds is 6. The number of hydrogen-bond acceptors (Lipinski definition) is 5. The molecule has 0 atom stereocenters. The zero-order valence-electron chi connectivity index (χ0n) is 17.0. The Balaban J connectivity index is 1.78. The zero-order valence-corrected chi connectivity index (χ0v) is 17.8. The number of nitrogens with one attached hydrogen (secondary N) is 1. The summed E-state index contributed by atoms with van der Waals surface area (Å²) in [7, 11) is 1.63. The minimum absolute atomic E-state index is 0.161. The quantitative estimate of drug-likeness (QED) is 0.404. The Kier molecular flexibility index (Phi) is 5.87. The molecule has 0 radical (unpaired) electrons. The molecule has 0 amide bonds. The van der Waals surface area contributed by atoms with Gasteiger partial charge in [-0.05, 0) is 48.4 Å². The molecular formula is C24H19ClN4O2. The van der Waals surface area contributed by atoms with Crippen LogP contribution in [0.15, 0.2) is 48.5 Å². The van der Waals surface area contributed by atoms with Crippen LogP contribution in [0.3, 0.4) is 0 Å². The topological polar surface area (TPSA) is 83.8 Å². The van der Waals surface area contributed by atoms with Crippen LogP contribution in [-0.4, -0.2) is 22.1 Å². The first-order chi connectivity index (χ1) is 15.1. The highest BCUT2D eigenvalue weighted by Gasteiger charge is 2.16. The number of methoxy groups -OCH3 is 1. The van der Waals surface area contributed by atoms with Crippen molar-refractivity contribution < 1.29 is 9.47 Å². The highest BCUT2D eigenvalue weighted by Crippen LogP contribution is 2.32. The molecule has 4 aromatic rings. The number of halogens is 1. The van der Waals surface area contributed by atoms with Crippen molar-refractivity contribution in [3.8, 4) is 23.6 Å². The maximum absolute atomic E-state index is 9.12. The first kappa shape index (κ1) is 20.5. The van der Waals surface area contributed by atoms with Gasteiger partial charge in [0, 0.05) is 5.69 Å². The molecule has 0 unspecified atom stereocenters. The monoisotopic (exact) mass is 430 g/mol. The molecule has 31 heavy (non-hydrogen) atoms. The third-order valence-corrected chi connectivity index (χ3v) is 5.14. The molecule has 0 fully saturated rings. The fraction of sp³-hybridized carbons (Fsp3) is 0.125. The third kappa shape index (κ3) is 4.37. The van der Waals surface area contributed by atoms with Gasteiger partial charge in [-0.3, -0.25) is 0 Å². The Morgan fingerprint density at radius 1 is 1.10 bits per heavy atom.